The van der Waals surface area contributed by atoms with Crippen LogP contribution in [0.5, 0.6) is 0 Å². The first-order chi connectivity index (χ1) is 6.45. The molecule has 0 aliphatic carbocycles. The predicted octanol–water partition coefficient (Wildman–Crippen LogP) is 1.06. The number of hydrogen-bond acceptors (Lipinski definition) is 3. The summed E-state index contributed by atoms with van der Waals surface area (Å²) in [4.78, 5) is 0. The maximum absolute atomic E-state index is 9.86. The quantitative estimate of drug-likeness (QED) is 0.758. The molecule has 0 amide bonds. The van der Waals surface area contributed by atoms with E-state index in [0.717, 1.165) is 18.5 Å². The molecule has 0 fully saturated rings. The summed E-state index contributed by atoms with van der Waals surface area (Å²) in [5.74, 6) is 0. The van der Waals surface area contributed by atoms with Gasteiger partial charge < -0.3 is 10.8 Å². The van der Waals surface area contributed by atoms with Gasteiger partial charge in [0.15, 0.2) is 0 Å². The molecular weight excluding hydrogens is 178 g/mol. The van der Waals surface area contributed by atoms with Gasteiger partial charge in [-0.05, 0) is 20.3 Å². The molecule has 1 heterocycles. The monoisotopic (exact) mass is 197 g/mol. The molecular formula is C10H19N3O. The molecule has 0 spiro atoms. The van der Waals surface area contributed by atoms with Gasteiger partial charge in [-0.1, -0.05) is 6.92 Å². The Labute approximate surface area is 84.7 Å². The lowest BCUT2D eigenvalue weighted by Gasteiger charge is -2.24. The third kappa shape index (κ3) is 2.56. The van der Waals surface area contributed by atoms with Gasteiger partial charge in [-0.2, -0.15) is 5.10 Å². The summed E-state index contributed by atoms with van der Waals surface area (Å²) in [7, 11) is 0. The summed E-state index contributed by atoms with van der Waals surface area (Å²) < 4.78 is 1.82. The number of aliphatic hydroxyl groups excluding tert-OH is 1. The highest BCUT2D eigenvalue weighted by molar-refractivity contribution is 5.12. The summed E-state index contributed by atoms with van der Waals surface area (Å²) >= 11 is 0. The number of nitrogens with zero attached hydrogens (tertiary/aromatic N) is 2. The van der Waals surface area contributed by atoms with Crippen molar-refractivity contribution in [1.82, 2.24) is 9.78 Å². The molecule has 1 rings (SSSR count). The van der Waals surface area contributed by atoms with Gasteiger partial charge in [0.2, 0.25) is 0 Å². The van der Waals surface area contributed by atoms with Crippen molar-refractivity contribution in [3.63, 3.8) is 0 Å². The average Bonchev–Trinajstić information content (AvgIpc) is 2.50. The molecule has 0 saturated carbocycles. The molecule has 0 aliphatic rings. The predicted molar refractivity (Wildman–Crippen MR) is 55.7 cm³/mol. The Morgan fingerprint density at radius 2 is 2.29 bits per heavy atom. The lowest BCUT2D eigenvalue weighted by Crippen LogP contribution is -2.39. The van der Waals surface area contributed by atoms with Crippen molar-refractivity contribution in [2.45, 2.75) is 45.4 Å². The van der Waals surface area contributed by atoms with Gasteiger partial charge >= 0.3 is 0 Å². The molecule has 0 radical (unpaired) electrons. The first kappa shape index (κ1) is 11.2. The second-order valence-electron chi connectivity index (χ2n) is 4.26. The standard InChI is InChI=1S/C10H19N3O/c1-4-5-13-7-8(6-12-13)9(14)10(2,3)11/h6-7,9,14H,4-5,11H2,1-3H3. The van der Waals surface area contributed by atoms with Crippen molar-refractivity contribution < 1.29 is 5.11 Å². The van der Waals surface area contributed by atoms with E-state index in [0.29, 0.717) is 0 Å². The van der Waals surface area contributed by atoms with Gasteiger partial charge in [0.1, 0.15) is 0 Å². The van der Waals surface area contributed by atoms with E-state index < -0.39 is 11.6 Å². The van der Waals surface area contributed by atoms with E-state index in [1.165, 1.54) is 0 Å². The molecule has 3 N–H and O–H groups in total. The number of rotatable bonds is 4. The molecule has 14 heavy (non-hydrogen) atoms. The van der Waals surface area contributed by atoms with Gasteiger partial charge in [0.05, 0.1) is 12.3 Å². The minimum atomic E-state index is -0.659. The average molecular weight is 197 g/mol. The third-order valence-electron chi connectivity index (χ3n) is 2.13. The van der Waals surface area contributed by atoms with E-state index in [2.05, 4.69) is 12.0 Å². The fourth-order valence-corrected chi connectivity index (χ4v) is 1.30. The van der Waals surface area contributed by atoms with E-state index >= 15 is 0 Å². The Hall–Kier alpha value is -0.870. The van der Waals surface area contributed by atoms with Crippen LogP contribution in [0.2, 0.25) is 0 Å². The minimum absolute atomic E-state index is 0.625. The fraction of sp³-hybridized carbons (Fsp3) is 0.700. The molecule has 0 aliphatic heterocycles. The van der Waals surface area contributed by atoms with Crippen molar-refractivity contribution in [3.8, 4) is 0 Å². The summed E-state index contributed by atoms with van der Waals surface area (Å²) in [6.07, 6.45) is 3.90. The molecule has 1 unspecified atom stereocenters. The Morgan fingerprint density at radius 3 is 2.79 bits per heavy atom. The van der Waals surface area contributed by atoms with Crippen molar-refractivity contribution >= 4 is 0 Å². The van der Waals surface area contributed by atoms with Crippen LogP contribution in [0, 0.1) is 0 Å². The zero-order valence-corrected chi connectivity index (χ0v) is 9.07. The van der Waals surface area contributed by atoms with E-state index in [1.807, 2.05) is 10.9 Å². The first-order valence-electron chi connectivity index (χ1n) is 4.94. The maximum atomic E-state index is 9.86. The Balaban J connectivity index is 2.76. The molecule has 1 atom stereocenters. The summed E-state index contributed by atoms with van der Waals surface area (Å²) in [5.41, 5.74) is 5.97. The molecule has 80 valence electrons. The topological polar surface area (TPSA) is 64.1 Å². The summed E-state index contributed by atoms with van der Waals surface area (Å²) in [6.45, 7) is 6.56. The Morgan fingerprint density at radius 1 is 1.64 bits per heavy atom. The Bertz CT molecular complexity index is 288. The zero-order chi connectivity index (χ0) is 10.8. The third-order valence-corrected chi connectivity index (χ3v) is 2.13. The minimum Gasteiger partial charge on any atom is -0.386 e. The van der Waals surface area contributed by atoms with Crippen molar-refractivity contribution in [3.05, 3.63) is 18.0 Å². The maximum Gasteiger partial charge on any atom is 0.0994 e. The number of nitrogens with two attached hydrogens (primary N) is 1. The number of aryl methyl sites for hydroxylation is 1. The van der Waals surface area contributed by atoms with Gasteiger partial charge in [-0.15, -0.1) is 0 Å². The molecule has 1 aromatic rings. The molecule has 1 aromatic heterocycles. The lowest BCUT2D eigenvalue weighted by molar-refractivity contribution is 0.104. The van der Waals surface area contributed by atoms with Crippen LogP contribution >= 0.6 is 0 Å². The SMILES string of the molecule is CCCn1cc(C(O)C(C)(C)N)cn1. The largest absolute Gasteiger partial charge is 0.386 e. The van der Waals surface area contributed by atoms with Crippen LogP contribution in [-0.2, 0) is 6.54 Å². The van der Waals surface area contributed by atoms with Crippen LogP contribution in [0.25, 0.3) is 0 Å². The van der Waals surface area contributed by atoms with Gasteiger partial charge in [0.25, 0.3) is 0 Å². The number of aliphatic hydroxyl groups is 1. The highest BCUT2D eigenvalue weighted by atomic mass is 16.3. The first-order valence-corrected chi connectivity index (χ1v) is 4.94. The molecule has 4 nitrogen and oxygen atoms in total. The number of hydrogen-bond donors (Lipinski definition) is 2. The van der Waals surface area contributed by atoms with E-state index in [4.69, 9.17) is 5.73 Å². The van der Waals surface area contributed by atoms with E-state index in [-0.39, 0.29) is 0 Å². The van der Waals surface area contributed by atoms with Crippen LogP contribution in [0.3, 0.4) is 0 Å². The normalized spacial score (nSPS) is 14.4. The zero-order valence-electron chi connectivity index (χ0n) is 9.07. The smallest absolute Gasteiger partial charge is 0.0994 e. The van der Waals surface area contributed by atoms with Gasteiger partial charge in [-0.25, -0.2) is 0 Å². The summed E-state index contributed by atoms with van der Waals surface area (Å²) in [6, 6.07) is 0. The molecule has 0 bridgehead atoms. The van der Waals surface area contributed by atoms with Crippen LogP contribution < -0.4 is 5.73 Å². The van der Waals surface area contributed by atoms with Crippen molar-refractivity contribution in [1.29, 1.82) is 0 Å². The highest BCUT2D eigenvalue weighted by Gasteiger charge is 2.25. The second kappa shape index (κ2) is 4.11. The molecule has 4 heteroatoms. The van der Waals surface area contributed by atoms with E-state index in [1.54, 1.807) is 20.0 Å². The molecule has 0 saturated heterocycles. The molecule has 0 aromatic carbocycles. The van der Waals surface area contributed by atoms with E-state index in [9.17, 15) is 5.11 Å². The van der Waals surface area contributed by atoms with Crippen molar-refractivity contribution in [2.75, 3.05) is 0 Å². The second-order valence-corrected chi connectivity index (χ2v) is 4.26. The van der Waals surface area contributed by atoms with Gasteiger partial charge in [-0.3, -0.25) is 4.68 Å². The fourth-order valence-electron chi connectivity index (χ4n) is 1.30. The van der Waals surface area contributed by atoms with Crippen LogP contribution in [-0.4, -0.2) is 20.4 Å². The van der Waals surface area contributed by atoms with Crippen LogP contribution in [0.1, 0.15) is 38.9 Å². The van der Waals surface area contributed by atoms with Gasteiger partial charge in [0, 0.05) is 23.8 Å². The number of aromatic nitrogens is 2. The lowest BCUT2D eigenvalue weighted by atomic mass is 9.95. The van der Waals surface area contributed by atoms with Crippen LogP contribution in [0.15, 0.2) is 12.4 Å². The Kier molecular flexibility index (Phi) is 3.29. The summed E-state index contributed by atoms with van der Waals surface area (Å²) in [5, 5.41) is 14.0. The highest BCUT2D eigenvalue weighted by Crippen LogP contribution is 2.22. The van der Waals surface area contributed by atoms with Crippen molar-refractivity contribution in [2.24, 2.45) is 5.73 Å². The van der Waals surface area contributed by atoms with Crippen LogP contribution in [0.4, 0.5) is 0 Å².